The Kier molecular flexibility index (Phi) is 4.41. The lowest BCUT2D eigenvalue weighted by molar-refractivity contribution is 0.0922. The molecular formula is C18H15BO4. The van der Waals surface area contributed by atoms with Crippen LogP contribution >= 0.6 is 0 Å². The van der Waals surface area contributed by atoms with Crippen LogP contribution in [0.4, 0.5) is 0 Å². The zero-order valence-electron chi connectivity index (χ0n) is 12.3. The van der Waals surface area contributed by atoms with E-state index < -0.39 is 7.12 Å². The molecule has 0 fully saturated rings. The molecule has 0 bridgehead atoms. The molecule has 114 valence electrons. The van der Waals surface area contributed by atoms with E-state index in [-0.39, 0.29) is 17.9 Å². The van der Waals surface area contributed by atoms with Crippen LogP contribution in [0, 0.1) is 0 Å². The highest BCUT2D eigenvalue weighted by Crippen LogP contribution is 2.19. The molecule has 0 aliphatic heterocycles. The van der Waals surface area contributed by atoms with Crippen LogP contribution < -0.4 is 10.2 Å². The van der Waals surface area contributed by atoms with Crippen molar-refractivity contribution in [2.45, 2.75) is 0 Å². The molecule has 0 spiro atoms. The Labute approximate surface area is 134 Å². The highest BCUT2D eigenvalue weighted by molar-refractivity contribution is 6.63. The van der Waals surface area contributed by atoms with E-state index in [2.05, 4.69) is 0 Å². The molecule has 0 saturated carbocycles. The highest BCUT2D eigenvalue weighted by Gasteiger charge is 2.21. The molecule has 3 aromatic carbocycles. The molecule has 4 nitrogen and oxygen atoms in total. The number of fused-ring (bicyclic) bond motifs is 1. The molecule has 0 aliphatic rings. The number of Topliss-reactive ketones (excluding diaryl/α,β-unsaturated/α-hetero) is 1. The third kappa shape index (κ3) is 3.26. The molecule has 0 heterocycles. The van der Waals surface area contributed by atoms with E-state index in [9.17, 15) is 14.8 Å². The minimum atomic E-state index is -1.68. The topological polar surface area (TPSA) is 66.8 Å². The number of benzene rings is 3. The van der Waals surface area contributed by atoms with Crippen molar-refractivity contribution >= 4 is 29.1 Å². The van der Waals surface area contributed by atoms with Crippen LogP contribution in [0.3, 0.4) is 0 Å². The first-order valence-corrected chi connectivity index (χ1v) is 7.25. The molecule has 2 N–H and O–H groups in total. The average Bonchev–Trinajstić information content (AvgIpc) is 2.59. The monoisotopic (exact) mass is 306 g/mol. The van der Waals surface area contributed by atoms with Gasteiger partial charge in [-0.25, -0.2) is 0 Å². The van der Waals surface area contributed by atoms with Crippen molar-refractivity contribution in [1.82, 2.24) is 0 Å². The summed E-state index contributed by atoms with van der Waals surface area (Å²) >= 11 is 0. The fraction of sp³-hybridized carbons (Fsp3) is 0.0556. The van der Waals surface area contributed by atoms with Gasteiger partial charge >= 0.3 is 7.12 Å². The highest BCUT2D eigenvalue weighted by atomic mass is 16.5. The predicted octanol–water partition coefficient (Wildman–Crippen LogP) is 1.78. The first kappa shape index (κ1) is 15.3. The second kappa shape index (κ2) is 6.65. The minimum Gasteiger partial charge on any atom is -0.486 e. The first-order chi connectivity index (χ1) is 11.2. The van der Waals surface area contributed by atoms with Crippen LogP contribution in [0.25, 0.3) is 10.8 Å². The zero-order chi connectivity index (χ0) is 16.2. The van der Waals surface area contributed by atoms with Crippen molar-refractivity contribution in [2.75, 3.05) is 6.61 Å². The molecule has 0 unspecified atom stereocenters. The van der Waals surface area contributed by atoms with Crippen molar-refractivity contribution in [3.63, 3.8) is 0 Å². The molecule has 0 atom stereocenters. The van der Waals surface area contributed by atoms with Crippen molar-refractivity contribution in [3.05, 3.63) is 72.3 Å². The summed E-state index contributed by atoms with van der Waals surface area (Å²) in [5, 5.41) is 20.9. The van der Waals surface area contributed by atoms with Gasteiger partial charge in [-0.1, -0.05) is 60.7 Å². The van der Waals surface area contributed by atoms with Gasteiger partial charge in [-0.15, -0.1) is 0 Å². The Morgan fingerprint density at radius 3 is 2.35 bits per heavy atom. The Balaban J connectivity index is 1.88. The summed E-state index contributed by atoms with van der Waals surface area (Å²) in [6.07, 6.45) is 0. The van der Waals surface area contributed by atoms with Crippen LogP contribution in [0.1, 0.15) is 10.4 Å². The number of hydrogen-bond donors (Lipinski definition) is 2. The fourth-order valence-corrected chi connectivity index (χ4v) is 2.52. The molecule has 0 aliphatic carbocycles. The van der Waals surface area contributed by atoms with Crippen molar-refractivity contribution in [1.29, 1.82) is 0 Å². The van der Waals surface area contributed by atoms with Crippen LogP contribution in [-0.2, 0) is 0 Å². The normalized spacial score (nSPS) is 10.5. The maximum Gasteiger partial charge on any atom is 0.492 e. The van der Waals surface area contributed by atoms with Gasteiger partial charge in [0.1, 0.15) is 5.75 Å². The summed E-state index contributed by atoms with van der Waals surface area (Å²) in [4.78, 5) is 12.1. The van der Waals surface area contributed by atoms with Gasteiger partial charge in [0.2, 0.25) is 0 Å². The molecule has 3 rings (SSSR count). The second-order valence-electron chi connectivity index (χ2n) is 5.15. The number of carbonyl (C=O) groups is 1. The predicted molar refractivity (Wildman–Crippen MR) is 90.0 cm³/mol. The molecule has 3 aromatic rings. The van der Waals surface area contributed by atoms with E-state index >= 15 is 0 Å². The Bertz CT molecular complexity index is 831. The quantitative estimate of drug-likeness (QED) is 0.557. The van der Waals surface area contributed by atoms with Gasteiger partial charge in [-0.3, -0.25) is 4.79 Å². The van der Waals surface area contributed by atoms with E-state index in [4.69, 9.17) is 4.74 Å². The average molecular weight is 306 g/mol. The Hall–Kier alpha value is -2.63. The minimum absolute atomic E-state index is 0.165. The van der Waals surface area contributed by atoms with Crippen molar-refractivity contribution < 1.29 is 19.6 Å². The summed E-state index contributed by atoms with van der Waals surface area (Å²) in [5.74, 6) is 0.125. The van der Waals surface area contributed by atoms with Gasteiger partial charge in [-0.2, -0.15) is 0 Å². The van der Waals surface area contributed by atoms with E-state index in [1.165, 1.54) is 0 Å². The summed E-state index contributed by atoms with van der Waals surface area (Å²) < 4.78 is 5.55. The lowest BCUT2D eigenvalue weighted by atomic mass is 9.76. The molecule has 0 radical (unpaired) electrons. The Morgan fingerprint density at radius 1 is 0.913 bits per heavy atom. The fourth-order valence-electron chi connectivity index (χ4n) is 2.52. The molecule has 23 heavy (non-hydrogen) atoms. The maximum absolute atomic E-state index is 12.1. The number of ketones is 1. The number of ether oxygens (including phenoxy) is 1. The summed E-state index contributed by atoms with van der Waals surface area (Å²) in [5.41, 5.74) is 0.823. The van der Waals surface area contributed by atoms with Gasteiger partial charge in [-0.05, 0) is 16.8 Å². The molecule has 0 aromatic heterocycles. The summed E-state index contributed by atoms with van der Waals surface area (Å²) in [6.45, 7) is -0.165. The molecule has 0 amide bonds. The number of hydrogen-bond acceptors (Lipinski definition) is 4. The zero-order valence-corrected chi connectivity index (χ0v) is 12.3. The smallest absolute Gasteiger partial charge is 0.486 e. The number of carbonyl (C=O) groups excluding carboxylic acids is 1. The largest absolute Gasteiger partial charge is 0.492 e. The van der Waals surface area contributed by atoms with Crippen molar-refractivity contribution in [2.24, 2.45) is 0 Å². The van der Waals surface area contributed by atoms with Crippen LogP contribution in [0.15, 0.2) is 66.7 Å². The molecule has 5 heteroatoms. The van der Waals surface area contributed by atoms with E-state index in [0.717, 1.165) is 5.39 Å². The van der Waals surface area contributed by atoms with E-state index in [1.807, 2.05) is 30.3 Å². The summed E-state index contributed by atoms with van der Waals surface area (Å²) in [6, 6.07) is 19.7. The SMILES string of the molecule is O=C(COc1ccc2ccccc2c1B(O)O)c1ccccc1. The lowest BCUT2D eigenvalue weighted by Crippen LogP contribution is -2.33. The van der Waals surface area contributed by atoms with Gasteiger partial charge < -0.3 is 14.8 Å². The third-order valence-corrected chi connectivity index (χ3v) is 3.64. The van der Waals surface area contributed by atoms with E-state index in [1.54, 1.807) is 36.4 Å². The van der Waals surface area contributed by atoms with Gasteiger partial charge in [0, 0.05) is 11.0 Å². The lowest BCUT2D eigenvalue weighted by Gasteiger charge is -2.13. The van der Waals surface area contributed by atoms with Crippen LogP contribution in [0.2, 0.25) is 0 Å². The standard InChI is InChI=1S/C18H15BO4/c20-16(14-7-2-1-3-8-14)12-23-17-11-10-13-6-4-5-9-15(13)18(17)19(21)22/h1-11,21-22H,12H2. The molecule has 0 saturated heterocycles. The summed E-state index contributed by atoms with van der Waals surface area (Å²) in [7, 11) is -1.68. The first-order valence-electron chi connectivity index (χ1n) is 7.25. The van der Waals surface area contributed by atoms with E-state index in [0.29, 0.717) is 16.7 Å². The van der Waals surface area contributed by atoms with Gasteiger partial charge in [0.05, 0.1) is 0 Å². The van der Waals surface area contributed by atoms with Crippen LogP contribution in [-0.4, -0.2) is 29.6 Å². The van der Waals surface area contributed by atoms with Gasteiger partial charge in [0.15, 0.2) is 12.4 Å². The second-order valence-corrected chi connectivity index (χ2v) is 5.15. The number of rotatable bonds is 5. The van der Waals surface area contributed by atoms with Crippen LogP contribution in [0.5, 0.6) is 5.75 Å². The third-order valence-electron chi connectivity index (χ3n) is 3.64. The van der Waals surface area contributed by atoms with Gasteiger partial charge in [0.25, 0.3) is 0 Å². The van der Waals surface area contributed by atoms with Crippen molar-refractivity contribution in [3.8, 4) is 5.75 Å². The Morgan fingerprint density at radius 2 is 1.61 bits per heavy atom. The maximum atomic E-state index is 12.1. The molecular weight excluding hydrogens is 291 g/mol.